The van der Waals surface area contributed by atoms with Crippen LogP contribution < -0.4 is 0 Å². The highest BCUT2D eigenvalue weighted by molar-refractivity contribution is 5.47. The quantitative estimate of drug-likeness (QED) is 0.721. The van der Waals surface area contributed by atoms with Crippen LogP contribution in [0.4, 0.5) is 0 Å². The second-order valence-electron chi connectivity index (χ2n) is 5.64. The van der Waals surface area contributed by atoms with Crippen molar-refractivity contribution in [3.8, 4) is 6.07 Å². The molecule has 0 amide bonds. The van der Waals surface area contributed by atoms with Gasteiger partial charge in [-0.05, 0) is 46.6 Å². The lowest BCUT2D eigenvalue weighted by Crippen LogP contribution is -2.06. The van der Waals surface area contributed by atoms with Crippen LogP contribution in [0, 0.1) is 11.3 Å². The Labute approximate surface area is 105 Å². The van der Waals surface area contributed by atoms with Crippen molar-refractivity contribution in [1.82, 2.24) is 0 Å². The molecule has 0 N–H and O–H groups in total. The fourth-order valence-corrected chi connectivity index (χ4v) is 2.39. The molecular weight excluding hydrogens is 206 g/mol. The van der Waals surface area contributed by atoms with Crippen molar-refractivity contribution < 1.29 is 0 Å². The lowest BCUT2D eigenvalue weighted by atomic mass is 9.82. The molecule has 0 fully saturated rings. The Hall–Kier alpha value is -1.29. The molecular formula is C16H23N. The predicted molar refractivity (Wildman–Crippen MR) is 73.4 cm³/mol. The number of nitriles is 1. The van der Waals surface area contributed by atoms with Gasteiger partial charge in [-0.25, -0.2) is 0 Å². The molecule has 1 aromatic rings. The summed E-state index contributed by atoms with van der Waals surface area (Å²) in [4.78, 5) is 0. The van der Waals surface area contributed by atoms with E-state index in [2.05, 4.69) is 59.7 Å². The van der Waals surface area contributed by atoms with Crippen LogP contribution in [0.15, 0.2) is 12.1 Å². The van der Waals surface area contributed by atoms with Gasteiger partial charge in [0.1, 0.15) is 0 Å². The van der Waals surface area contributed by atoms with Crippen molar-refractivity contribution in [1.29, 1.82) is 5.26 Å². The summed E-state index contributed by atoms with van der Waals surface area (Å²) in [5.41, 5.74) is 4.90. The molecule has 92 valence electrons. The van der Waals surface area contributed by atoms with Gasteiger partial charge >= 0.3 is 0 Å². The molecule has 1 rings (SSSR count). The third kappa shape index (κ3) is 2.88. The molecule has 17 heavy (non-hydrogen) atoms. The van der Waals surface area contributed by atoms with Crippen LogP contribution in [-0.2, 0) is 0 Å². The summed E-state index contributed by atoms with van der Waals surface area (Å²) >= 11 is 0. The molecule has 0 radical (unpaired) electrons. The molecule has 0 aliphatic carbocycles. The largest absolute Gasteiger partial charge is 0.192 e. The molecule has 0 aromatic heterocycles. The van der Waals surface area contributed by atoms with Gasteiger partial charge in [0, 0.05) is 0 Å². The maximum atomic E-state index is 9.13. The van der Waals surface area contributed by atoms with Crippen LogP contribution in [0.2, 0.25) is 0 Å². The van der Waals surface area contributed by atoms with Gasteiger partial charge in [-0.15, -0.1) is 0 Å². The topological polar surface area (TPSA) is 23.8 Å². The number of nitrogens with zero attached hydrogens (tertiary/aromatic N) is 1. The van der Waals surface area contributed by atoms with Gasteiger partial charge in [-0.2, -0.15) is 5.26 Å². The van der Waals surface area contributed by atoms with Crippen LogP contribution in [0.25, 0.3) is 0 Å². The molecule has 0 unspecified atom stereocenters. The summed E-state index contributed by atoms with van der Waals surface area (Å²) in [7, 11) is 0. The molecule has 0 atom stereocenters. The Balaban J connectivity index is 3.57. The van der Waals surface area contributed by atoms with Crippen LogP contribution in [0.3, 0.4) is 0 Å². The lowest BCUT2D eigenvalue weighted by molar-refractivity contribution is 0.747. The van der Waals surface area contributed by atoms with Crippen LogP contribution in [0.1, 0.15) is 81.5 Å². The molecule has 0 saturated heterocycles. The molecule has 1 aromatic carbocycles. The van der Waals surface area contributed by atoms with Crippen LogP contribution >= 0.6 is 0 Å². The van der Waals surface area contributed by atoms with E-state index >= 15 is 0 Å². The van der Waals surface area contributed by atoms with Gasteiger partial charge in [0.15, 0.2) is 0 Å². The van der Waals surface area contributed by atoms with Crippen molar-refractivity contribution in [3.63, 3.8) is 0 Å². The smallest absolute Gasteiger partial charge is 0.0991 e. The Morgan fingerprint density at radius 3 is 1.47 bits per heavy atom. The molecule has 0 heterocycles. The number of rotatable bonds is 3. The van der Waals surface area contributed by atoms with Gasteiger partial charge in [0.05, 0.1) is 11.6 Å². The molecule has 0 spiro atoms. The maximum Gasteiger partial charge on any atom is 0.0991 e. The lowest BCUT2D eigenvalue weighted by Gasteiger charge is -2.22. The zero-order chi connectivity index (χ0) is 13.2. The standard InChI is InChI=1S/C16H23N/c1-10(2)14-7-13(9-17)8-15(11(3)4)16(14)12(5)6/h7-8,10-12H,1-6H3. The van der Waals surface area contributed by atoms with Crippen molar-refractivity contribution in [2.45, 2.75) is 59.3 Å². The molecule has 1 nitrogen and oxygen atoms in total. The highest BCUT2D eigenvalue weighted by Gasteiger charge is 2.17. The van der Waals surface area contributed by atoms with Gasteiger partial charge in [0.2, 0.25) is 0 Å². The number of benzene rings is 1. The second kappa shape index (κ2) is 5.36. The van der Waals surface area contributed by atoms with E-state index in [1.165, 1.54) is 16.7 Å². The fourth-order valence-electron chi connectivity index (χ4n) is 2.39. The molecule has 0 aliphatic rings. The minimum absolute atomic E-state index is 0.471. The summed E-state index contributed by atoms with van der Waals surface area (Å²) in [5.74, 6) is 1.45. The Morgan fingerprint density at radius 2 is 1.24 bits per heavy atom. The number of hydrogen-bond donors (Lipinski definition) is 0. The van der Waals surface area contributed by atoms with E-state index < -0.39 is 0 Å². The minimum atomic E-state index is 0.471. The minimum Gasteiger partial charge on any atom is -0.192 e. The first-order valence-electron chi connectivity index (χ1n) is 6.46. The summed E-state index contributed by atoms with van der Waals surface area (Å²) < 4.78 is 0. The second-order valence-corrected chi connectivity index (χ2v) is 5.64. The van der Waals surface area contributed by atoms with Gasteiger partial charge < -0.3 is 0 Å². The maximum absolute atomic E-state index is 9.13. The van der Waals surface area contributed by atoms with Crippen molar-refractivity contribution >= 4 is 0 Å². The van der Waals surface area contributed by atoms with E-state index in [1.54, 1.807) is 0 Å². The average Bonchev–Trinajstić information content (AvgIpc) is 2.26. The van der Waals surface area contributed by atoms with E-state index in [-0.39, 0.29) is 0 Å². The summed E-state index contributed by atoms with van der Waals surface area (Å²) in [6, 6.07) is 6.41. The van der Waals surface area contributed by atoms with Gasteiger partial charge in [0.25, 0.3) is 0 Å². The Kier molecular flexibility index (Phi) is 4.34. The molecule has 0 bridgehead atoms. The highest BCUT2D eigenvalue weighted by Crippen LogP contribution is 2.34. The predicted octanol–water partition coefficient (Wildman–Crippen LogP) is 4.93. The van der Waals surface area contributed by atoms with Gasteiger partial charge in [-0.3, -0.25) is 0 Å². The van der Waals surface area contributed by atoms with Gasteiger partial charge in [-0.1, -0.05) is 41.5 Å². The monoisotopic (exact) mass is 229 g/mol. The number of hydrogen-bond acceptors (Lipinski definition) is 1. The van der Waals surface area contributed by atoms with Crippen molar-refractivity contribution in [2.75, 3.05) is 0 Å². The Bertz CT molecular complexity index is 404. The zero-order valence-corrected chi connectivity index (χ0v) is 11.8. The average molecular weight is 229 g/mol. The van der Waals surface area contributed by atoms with E-state index in [9.17, 15) is 0 Å². The third-order valence-corrected chi connectivity index (χ3v) is 3.19. The van der Waals surface area contributed by atoms with Crippen molar-refractivity contribution in [3.05, 3.63) is 34.4 Å². The summed E-state index contributed by atoms with van der Waals surface area (Å²) in [6.07, 6.45) is 0. The fraction of sp³-hybridized carbons (Fsp3) is 0.562. The van der Waals surface area contributed by atoms with E-state index in [0.29, 0.717) is 17.8 Å². The normalized spacial score (nSPS) is 11.3. The van der Waals surface area contributed by atoms with Crippen LogP contribution in [-0.4, -0.2) is 0 Å². The highest BCUT2D eigenvalue weighted by atomic mass is 14.3. The summed E-state index contributed by atoms with van der Waals surface area (Å²) in [6.45, 7) is 13.3. The first-order valence-corrected chi connectivity index (χ1v) is 6.46. The van der Waals surface area contributed by atoms with Crippen molar-refractivity contribution in [2.24, 2.45) is 0 Å². The van der Waals surface area contributed by atoms with E-state index in [0.717, 1.165) is 5.56 Å². The SMILES string of the molecule is CC(C)c1cc(C#N)cc(C(C)C)c1C(C)C. The molecule has 0 aliphatic heterocycles. The van der Waals surface area contributed by atoms with E-state index in [4.69, 9.17) is 5.26 Å². The first-order chi connectivity index (χ1) is 7.88. The zero-order valence-electron chi connectivity index (χ0n) is 11.8. The molecule has 1 heteroatoms. The van der Waals surface area contributed by atoms with Crippen LogP contribution in [0.5, 0.6) is 0 Å². The third-order valence-electron chi connectivity index (χ3n) is 3.19. The molecule has 0 saturated carbocycles. The van der Waals surface area contributed by atoms with E-state index in [1.807, 2.05) is 0 Å². The Morgan fingerprint density at radius 1 is 0.824 bits per heavy atom. The summed E-state index contributed by atoms with van der Waals surface area (Å²) in [5, 5.41) is 9.13. The first kappa shape index (κ1) is 13.8.